The highest BCUT2D eigenvalue weighted by molar-refractivity contribution is 9.10. The smallest absolute Gasteiger partial charge is 0.220 e. The van der Waals surface area contributed by atoms with Gasteiger partial charge in [0.05, 0.1) is 4.47 Å². The Balaban J connectivity index is 1.91. The molecule has 0 bridgehead atoms. The van der Waals surface area contributed by atoms with Crippen molar-refractivity contribution in [2.75, 3.05) is 0 Å². The zero-order chi connectivity index (χ0) is 14.1. The third-order valence-corrected chi connectivity index (χ3v) is 3.63. The second-order valence-corrected chi connectivity index (χ2v) is 5.50. The lowest BCUT2D eigenvalue weighted by atomic mass is 10.2. The summed E-state index contributed by atoms with van der Waals surface area (Å²) in [6.07, 6.45) is 3.63. The van der Waals surface area contributed by atoms with E-state index in [9.17, 15) is 5.11 Å². The molecule has 1 aromatic heterocycles. The summed E-state index contributed by atoms with van der Waals surface area (Å²) in [6.45, 7) is 0. The topological polar surface area (TPSA) is 46.3 Å². The summed E-state index contributed by atoms with van der Waals surface area (Å²) in [5, 5.41) is 10.1. The van der Waals surface area contributed by atoms with Crippen molar-refractivity contribution in [3.05, 3.63) is 57.3 Å². The number of oxazole rings is 1. The van der Waals surface area contributed by atoms with E-state index in [0.717, 1.165) is 11.1 Å². The molecule has 1 heterocycles. The lowest BCUT2D eigenvalue weighted by Crippen LogP contribution is -1.74. The molecule has 2 aromatic carbocycles. The standard InChI is InChI=1S/C15H9BrClNO2/c16-11-7-9(1-4-13(11)19)2-6-15-18-12-8-10(17)3-5-14(12)20-15/h1-8,19H. The quantitative estimate of drug-likeness (QED) is 0.698. The van der Waals surface area contributed by atoms with E-state index < -0.39 is 0 Å². The van der Waals surface area contributed by atoms with E-state index in [4.69, 9.17) is 16.0 Å². The Kier molecular flexibility index (Phi) is 3.51. The Hall–Kier alpha value is -1.78. The van der Waals surface area contributed by atoms with E-state index in [1.165, 1.54) is 0 Å². The van der Waals surface area contributed by atoms with Crippen molar-refractivity contribution in [1.29, 1.82) is 0 Å². The first-order valence-electron chi connectivity index (χ1n) is 5.84. The first-order valence-corrected chi connectivity index (χ1v) is 7.01. The van der Waals surface area contributed by atoms with Crippen LogP contribution in [0.25, 0.3) is 23.3 Å². The molecule has 3 aromatic rings. The Morgan fingerprint density at radius 1 is 1.15 bits per heavy atom. The van der Waals surface area contributed by atoms with Crippen LogP contribution in [-0.4, -0.2) is 10.1 Å². The van der Waals surface area contributed by atoms with Crippen molar-refractivity contribution >= 4 is 50.8 Å². The largest absolute Gasteiger partial charge is 0.507 e. The minimum absolute atomic E-state index is 0.207. The molecule has 100 valence electrons. The third kappa shape index (κ3) is 2.71. The van der Waals surface area contributed by atoms with Crippen molar-refractivity contribution in [3.63, 3.8) is 0 Å². The van der Waals surface area contributed by atoms with Crippen LogP contribution in [0.2, 0.25) is 5.02 Å². The molecule has 0 saturated heterocycles. The van der Waals surface area contributed by atoms with Gasteiger partial charge in [0, 0.05) is 11.1 Å². The summed E-state index contributed by atoms with van der Waals surface area (Å²) in [5.41, 5.74) is 2.35. The van der Waals surface area contributed by atoms with Crippen LogP contribution in [0.4, 0.5) is 0 Å². The summed E-state index contributed by atoms with van der Waals surface area (Å²) >= 11 is 9.18. The van der Waals surface area contributed by atoms with E-state index >= 15 is 0 Å². The predicted octanol–water partition coefficient (Wildman–Crippen LogP) is 5.12. The second-order valence-electron chi connectivity index (χ2n) is 4.21. The summed E-state index contributed by atoms with van der Waals surface area (Å²) in [5.74, 6) is 0.713. The lowest BCUT2D eigenvalue weighted by Gasteiger charge is -1.97. The number of rotatable bonds is 2. The maximum absolute atomic E-state index is 9.44. The van der Waals surface area contributed by atoms with Gasteiger partial charge in [0.1, 0.15) is 11.3 Å². The average molecular weight is 351 g/mol. The Morgan fingerprint density at radius 2 is 2.00 bits per heavy atom. The highest BCUT2D eigenvalue weighted by Gasteiger charge is 2.03. The number of hydrogen-bond acceptors (Lipinski definition) is 3. The molecule has 0 amide bonds. The Morgan fingerprint density at radius 3 is 2.80 bits per heavy atom. The second kappa shape index (κ2) is 5.31. The number of aromatic nitrogens is 1. The fraction of sp³-hybridized carbons (Fsp3) is 0. The molecule has 0 aliphatic rings. The van der Waals surface area contributed by atoms with Gasteiger partial charge in [-0.25, -0.2) is 4.98 Å². The molecule has 0 aliphatic heterocycles. The lowest BCUT2D eigenvalue weighted by molar-refractivity contribution is 0.472. The highest BCUT2D eigenvalue weighted by Crippen LogP contribution is 2.25. The number of fused-ring (bicyclic) bond motifs is 1. The van der Waals surface area contributed by atoms with Gasteiger partial charge < -0.3 is 9.52 Å². The normalized spacial score (nSPS) is 11.5. The molecule has 3 nitrogen and oxygen atoms in total. The number of phenolic OH excluding ortho intramolecular Hbond substituents is 1. The van der Waals surface area contributed by atoms with Gasteiger partial charge in [-0.15, -0.1) is 0 Å². The van der Waals surface area contributed by atoms with E-state index in [0.29, 0.717) is 21.0 Å². The minimum atomic E-state index is 0.207. The van der Waals surface area contributed by atoms with Gasteiger partial charge in [-0.1, -0.05) is 17.7 Å². The minimum Gasteiger partial charge on any atom is -0.507 e. The zero-order valence-corrected chi connectivity index (χ0v) is 12.5. The number of benzene rings is 2. The third-order valence-electron chi connectivity index (χ3n) is 2.76. The fourth-order valence-corrected chi connectivity index (χ4v) is 2.35. The van der Waals surface area contributed by atoms with Gasteiger partial charge in [0.15, 0.2) is 5.58 Å². The molecule has 1 N–H and O–H groups in total. The SMILES string of the molecule is Oc1ccc(C=Cc2nc3cc(Cl)ccc3o2)cc1Br. The van der Waals surface area contributed by atoms with Gasteiger partial charge in [-0.05, 0) is 57.9 Å². The van der Waals surface area contributed by atoms with E-state index in [1.54, 1.807) is 36.4 Å². The number of phenols is 1. The van der Waals surface area contributed by atoms with Crippen LogP contribution in [-0.2, 0) is 0 Å². The van der Waals surface area contributed by atoms with E-state index in [-0.39, 0.29) is 5.75 Å². The summed E-state index contributed by atoms with van der Waals surface area (Å²) in [7, 11) is 0. The van der Waals surface area contributed by atoms with Crippen molar-refractivity contribution in [2.24, 2.45) is 0 Å². The molecule has 20 heavy (non-hydrogen) atoms. The van der Waals surface area contributed by atoms with Crippen LogP contribution in [0.15, 0.2) is 45.3 Å². The highest BCUT2D eigenvalue weighted by atomic mass is 79.9. The van der Waals surface area contributed by atoms with Gasteiger partial charge in [0.25, 0.3) is 0 Å². The summed E-state index contributed by atoms with van der Waals surface area (Å²) in [6, 6.07) is 10.5. The molecule has 0 aliphatic carbocycles. The maximum atomic E-state index is 9.44. The van der Waals surface area contributed by atoms with E-state index in [1.807, 2.05) is 12.1 Å². The van der Waals surface area contributed by atoms with Crippen LogP contribution in [0.5, 0.6) is 5.75 Å². The first kappa shape index (κ1) is 13.2. The monoisotopic (exact) mass is 349 g/mol. The molecule has 0 atom stereocenters. The molecule has 5 heteroatoms. The molecule has 0 unspecified atom stereocenters. The van der Waals surface area contributed by atoms with Crippen LogP contribution < -0.4 is 0 Å². The fourth-order valence-electron chi connectivity index (χ4n) is 1.78. The number of aromatic hydroxyl groups is 1. The zero-order valence-electron chi connectivity index (χ0n) is 10.2. The number of hydrogen-bond donors (Lipinski definition) is 1. The number of halogens is 2. The van der Waals surface area contributed by atoms with Crippen molar-refractivity contribution in [1.82, 2.24) is 4.98 Å². The van der Waals surface area contributed by atoms with Crippen LogP contribution in [0.3, 0.4) is 0 Å². The van der Waals surface area contributed by atoms with Crippen molar-refractivity contribution < 1.29 is 9.52 Å². The van der Waals surface area contributed by atoms with Crippen LogP contribution in [0, 0.1) is 0 Å². The van der Waals surface area contributed by atoms with Crippen molar-refractivity contribution in [3.8, 4) is 5.75 Å². The average Bonchev–Trinajstić information content (AvgIpc) is 2.82. The summed E-state index contributed by atoms with van der Waals surface area (Å²) in [4.78, 5) is 4.33. The molecule has 3 rings (SSSR count). The summed E-state index contributed by atoms with van der Waals surface area (Å²) < 4.78 is 6.22. The van der Waals surface area contributed by atoms with Crippen LogP contribution >= 0.6 is 27.5 Å². The molecular weight excluding hydrogens is 342 g/mol. The Labute approximate surface area is 128 Å². The van der Waals surface area contributed by atoms with Gasteiger partial charge >= 0.3 is 0 Å². The van der Waals surface area contributed by atoms with Gasteiger partial charge in [-0.3, -0.25) is 0 Å². The van der Waals surface area contributed by atoms with Crippen molar-refractivity contribution in [2.45, 2.75) is 0 Å². The van der Waals surface area contributed by atoms with Crippen LogP contribution in [0.1, 0.15) is 11.5 Å². The molecule has 0 radical (unpaired) electrons. The molecular formula is C15H9BrClNO2. The van der Waals surface area contributed by atoms with E-state index in [2.05, 4.69) is 20.9 Å². The van der Waals surface area contributed by atoms with Gasteiger partial charge in [-0.2, -0.15) is 0 Å². The first-order chi connectivity index (χ1) is 9.61. The molecule has 0 spiro atoms. The Bertz CT molecular complexity index is 811. The maximum Gasteiger partial charge on any atom is 0.220 e. The van der Waals surface area contributed by atoms with Gasteiger partial charge in [0.2, 0.25) is 5.89 Å². The predicted molar refractivity (Wildman–Crippen MR) is 83.8 cm³/mol. The molecule has 0 saturated carbocycles. The number of nitrogens with zero attached hydrogens (tertiary/aromatic N) is 1. The molecule has 0 fully saturated rings.